The second-order valence-electron chi connectivity index (χ2n) is 9.71. The molecule has 0 heterocycles. The first kappa shape index (κ1) is 39.4. The van der Waals surface area contributed by atoms with Crippen LogP contribution in [0.25, 0.3) is 0 Å². The maximum absolute atomic E-state index is 15.7. The predicted octanol–water partition coefficient (Wildman–Crippen LogP) is 5.31. The minimum Gasteiger partial charge on any atom is -0.329 e. The zero-order valence-electron chi connectivity index (χ0n) is 20.1. The maximum Gasteiger partial charge on any atom is 0.449 e. The normalized spacial score (nSPS) is 37.3. The second kappa shape index (κ2) is 8.65. The highest BCUT2D eigenvalue weighted by Gasteiger charge is 3.24. The molecule has 0 amide bonds. The molecule has 2 atom stereocenters. The Morgan fingerprint density at radius 1 is 0.362 bits per heavy atom. The summed E-state index contributed by atoms with van der Waals surface area (Å²) in [6, 6.07) is -7.25. The summed E-state index contributed by atoms with van der Waals surface area (Å²) in [4.78, 5) is 0. The number of ether oxygens (including phenoxy) is 3. The molecule has 4 N–H and O–H groups in total. The van der Waals surface area contributed by atoms with Gasteiger partial charge in [-0.1, -0.05) is 0 Å². The van der Waals surface area contributed by atoms with Crippen molar-refractivity contribution >= 4 is 0 Å². The molecule has 4 saturated carbocycles. The molecule has 4 aliphatic carbocycles. The van der Waals surface area contributed by atoms with Crippen molar-refractivity contribution < 1.29 is 134 Å². The van der Waals surface area contributed by atoms with E-state index in [1.165, 1.54) is 9.47 Å². The third kappa shape index (κ3) is 3.41. The van der Waals surface area contributed by atoms with E-state index in [-0.39, 0.29) is 0 Å². The first-order chi connectivity index (χ1) is 19.9. The van der Waals surface area contributed by atoms with E-state index in [9.17, 15) is 52.7 Å². The van der Waals surface area contributed by atoms with E-state index in [0.29, 0.717) is 0 Å². The number of hydrogen-bond acceptors (Lipinski definition) is 6. The zero-order valence-corrected chi connectivity index (χ0v) is 20.1. The molecule has 0 aromatic heterocycles. The summed E-state index contributed by atoms with van der Waals surface area (Å²) in [5.74, 6) is -55.6. The molecule has 278 valence electrons. The van der Waals surface area contributed by atoms with E-state index >= 15 is 57.1 Å². The SMILES string of the molecule is NC(F)(F)C(F)(F)OC12C(F)(F)C3(F)C(F)(F)C(OC(F)(F)C(O)(F)F)(C1(F)F)C(F)(F)C(OC(F)(F)C(O)(F)F)(C3(F)F)C2(F)F. The lowest BCUT2D eigenvalue weighted by Crippen LogP contribution is -3.12. The number of halogens is 25. The molecule has 0 spiro atoms. The summed E-state index contributed by atoms with van der Waals surface area (Å²) in [6.45, 7) is 0. The standard InChI is InChI=1S/C16H4F25NO5/c17-1-5(18,19)2(45-14(36,37)11(30,31)42)8(24,25)3(6(1,20)21,46-15(38,39)12(32,33)43)10(28,29)4(7(1,22)23,9(2,26)27)47-16(40,41)13(34,35)44/h43-44H,42H2. The Kier molecular flexibility index (Phi) is 7.26. The largest absolute Gasteiger partial charge is 0.449 e. The quantitative estimate of drug-likeness (QED) is 0.218. The number of rotatable bonds is 9. The van der Waals surface area contributed by atoms with E-state index in [1.54, 1.807) is 4.74 Å². The van der Waals surface area contributed by atoms with E-state index in [1.807, 2.05) is 0 Å². The van der Waals surface area contributed by atoms with Gasteiger partial charge in [-0.2, -0.15) is 105 Å². The number of hydrogen-bond donors (Lipinski definition) is 3. The minimum atomic E-state index is -9.36. The monoisotopic (exact) mass is 765 g/mol. The molecule has 2 unspecified atom stereocenters. The van der Waals surface area contributed by atoms with Crippen molar-refractivity contribution in [2.24, 2.45) is 5.73 Å². The van der Waals surface area contributed by atoms with Gasteiger partial charge in [-0.3, -0.25) is 19.9 Å². The fraction of sp³-hybridized carbons (Fsp3) is 1.00. The summed E-state index contributed by atoms with van der Waals surface area (Å²) < 4.78 is 367. The second-order valence-corrected chi connectivity index (χ2v) is 9.71. The summed E-state index contributed by atoms with van der Waals surface area (Å²) in [5, 5.41) is 16.0. The van der Waals surface area contributed by atoms with E-state index in [4.69, 9.17) is 10.2 Å². The van der Waals surface area contributed by atoms with Crippen molar-refractivity contribution in [2.45, 2.75) is 94.6 Å². The fourth-order valence-corrected chi connectivity index (χ4v) is 5.18. The Morgan fingerprint density at radius 3 is 0.723 bits per heavy atom. The topological polar surface area (TPSA) is 94.2 Å². The van der Waals surface area contributed by atoms with Gasteiger partial charge in [0.1, 0.15) is 0 Å². The third-order valence-corrected chi connectivity index (χ3v) is 7.21. The molecule has 31 heteroatoms. The molecule has 4 fully saturated rings. The highest BCUT2D eigenvalue weighted by atomic mass is 19.4. The van der Waals surface area contributed by atoms with Crippen LogP contribution in [0.3, 0.4) is 0 Å². The Morgan fingerprint density at radius 2 is 0.553 bits per heavy atom. The van der Waals surface area contributed by atoms with Gasteiger partial charge in [-0.15, -0.1) is 0 Å². The highest BCUT2D eigenvalue weighted by Crippen LogP contribution is 2.89. The fourth-order valence-electron chi connectivity index (χ4n) is 5.18. The summed E-state index contributed by atoms with van der Waals surface area (Å²) in [6.07, 6.45) is -40.2. The number of alkyl halides is 25. The predicted molar refractivity (Wildman–Crippen MR) is 83.3 cm³/mol. The van der Waals surface area contributed by atoms with E-state index < -0.39 is 94.6 Å². The van der Waals surface area contributed by atoms with Crippen molar-refractivity contribution in [3.63, 3.8) is 0 Å². The van der Waals surface area contributed by atoms with Crippen molar-refractivity contribution in [1.29, 1.82) is 0 Å². The number of nitrogens with two attached hydrogens (primary N) is 1. The van der Waals surface area contributed by atoms with Crippen LogP contribution in [0.4, 0.5) is 110 Å². The molecule has 4 rings (SSSR count). The lowest BCUT2D eigenvalue weighted by molar-refractivity contribution is -0.675. The molecule has 4 aliphatic rings. The highest BCUT2D eigenvalue weighted by molar-refractivity contribution is 5.55. The molecule has 0 aromatic carbocycles. The average molecular weight is 765 g/mol. The number of aliphatic hydroxyl groups is 2. The Balaban J connectivity index is 2.88. The van der Waals surface area contributed by atoms with Crippen LogP contribution in [-0.2, 0) is 14.2 Å². The maximum atomic E-state index is 15.7. The minimum absolute atomic E-state index is 1.50. The van der Waals surface area contributed by atoms with Gasteiger partial charge in [0.15, 0.2) is 0 Å². The van der Waals surface area contributed by atoms with Crippen LogP contribution in [0, 0.1) is 0 Å². The lowest BCUT2D eigenvalue weighted by Gasteiger charge is -2.77. The molecule has 4 bridgehead atoms. The Labute approximate surface area is 236 Å². The first-order valence-electron chi connectivity index (χ1n) is 10.4. The van der Waals surface area contributed by atoms with Crippen molar-refractivity contribution in [2.75, 3.05) is 0 Å². The lowest BCUT2D eigenvalue weighted by atomic mass is 9.38. The third-order valence-electron chi connectivity index (χ3n) is 7.21. The van der Waals surface area contributed by atoms with Crippen LogP contribution < -0.4 is 5.73 Å². The molecule has 0 aliphatic heterocycles. The smallest absolute Gasteiger partial charge is 0.329 e. The van der Waals surface area contributed by atoms with Crippen LogP contribution in [0.2, 0.25) is 0 Å². The van der Waals surface area contributed by atoms with Crippen LogP contribution in [0.5, 0.6) is 0 Å². The Bertz CT molecular complexity index is 1140. The van der Waals surface area contributed by atoms with Gasteiger partial charge < -0.3 is 10.2 Å². The van der Waals surface area contributed by atoms with E-state index in [0.717, 1.165) is 0 Å². The van der Waals surface area contributed by atoms with Gasteiger partial charge in [-0.25, -0.2) is 4.39 Å². The molecule has 6 nitrogen and oxygen atoms in total. The summed E-state index contributed by atoms with van der Waals surface area (Å²) in [5.41, 5.74) is -33.4. The summed E-state index contributed by atoms with van der Waals surface area (Å²) in [7, 11) is 0. The van der Waals surface area contributed by atoms with Gasteiger partial charge in [-0.05, 0) is 0 Å². The van der Waals surface area contributed by atoms with Gasteiger partial charge in [0.25, 0.3) is 16.8 Å². The zero-order chi connectivity index (χ0) is 38.1. The molecule has 0 aromatic rings. The van der Waals surface area contributed by atoms with Crippen LogP contribution >= 0.6 is 0 Å². The summed E-state index contributed by atoms with van der Waals surface area (Å²) >= 11 is 0. The van der Waals surface area contributed by atoms with Crippen LogP contribution in [0.15, 0.2) is 0 Å². The molecular weight excluding hydrogens is 761 g/mol. The van der Waals surface area contributed by atoms with Crippen molar-refractivity contribution in [1.82, 2.24) is 0 Å². The van der Waals surface area contributed by atoms with Crippen LogP contribution in [0.1, 0.15) is 0 Å². The van der Waals surface area contributed by atoms with Gasteiger partial charge in [0.05, 0.1) is 0 Å². The van der Waals surface area contributed by atoms with Gasteiger partial charge in [0, 0.05) is 0 Å². The van der Waals surface area contributed by atoms with E-state index in [2.05, 4.69) is 5.73 Å². The van der Waals surface area contributed by atoms with Crippen molar-refractivity contribution in [3.8, 4) is 0 Å². The first-order valence-corrected chi connectivity index (χ1v) is 10.4. The molecule has 47 heavy (non-hydrogen) atoms. The molecule has 0 radical (unpaired) electrons. The Hall–Kier alpha value is -1.99. The van der Waals surface area contributed by atoms with Crippen molar-refractivity contribution in [3.05, 3.63) is 0 Å². The average Bonchev–Trinajstić information content (AvgIpc) is 2.77. The molecular formula is C16H4F25NO5. The molecule has 0 saturated heterocycles. The van der Waals surface area contributed by atoms with Crippen LogP contribution in [-0.4, -0.2) is 105 Å². The van der Waals surface area contributed by atoms with Gasteiger partial charge >= 0.3 is 77.8 Å². The van der Waals surface area contributed by atoms with Gasteiger partial charge in [0.2, 0.25) is 0 Å².